The second-order valence-electron chi connectivity index (χ2n) is 7.64. The molecule has 0 spiro atoms. The predicted octanol–water partition coefficient (Wildman–Crippen LogP) is 6.81. The molecular weight excluding hydrogens is 455 g/mol. The van der Waals surface area contributed by atoms with Crippen LogP contribution >= 0.6 is 34.8 Å². The number of nitrogens with one attached hydrogen (secondary N) is 1. The van der Waals surface area contributed by atoms with E-state index in [1.807, 2.05) is 0 Å². The second kappa shape index (κ2) is 11.8. The van der Waals surface area contributed by atoms with Crippen molar-refractivity contribution in [3.05, 3.63) is 69.7 Å². The Morgan fingerprint density at radius 3 is 2.52 bits per heavy atom. The summed E-state index contributed by atoms with van der Waals surface area (Å²) in [4.78, 5) is 15.4. The first-order valence-electron chi connectivity index (χ1n) is 10.5. The minimum atomic E-state index is -0.439. The van der Waals surface area contributed by atoms with Gasteiger partial charge in [0.15, 0.2) is 0 Å². The average Bonchev–Trinajstić information content (AvgIpc) is 2.77. The van der Waals surface area contributed by atoms with Gasteiger partial charge >= 0.3 is 0 Å². The van der Waals surface area contributed by atoms with E-state index in [1.165, 1.54) is 19.3 Å². The van der Waals surface area contributed by atoms with E-state index < -0.39 is 5.92 Å². The highest BCUT2D eigenvalue weighted by Gasteiger charge is 2.21. The highest BCUT2D eigenvalue weighted by molar-refractivity contribution is 6.42. The fourth-order valence-electron chi connectivity index (χ4n) is 3.68. The molecule has 0 aliphatic carbocycles. The van der Waals surface area contributed by atoms with Gasteiger partial charge in [0.25, 0.3) is 0 Å². The second-order valence-corrected chi connectivity index (χ2v) is 8.86. The molecule has 31 heavy (non-hydrogen) atoms. The number of hydrogen-bond donors (Lipinski definition) is 1. The van der Waals surface area contributed by atoms with Crippen LogP contribution in [0.5, 0.6) is 5.75 Å². The fourth-order valence-corrected chi connectivity index (χ4v) is 4.16. The number of benzene rings is 2. The number of carbonyl (C=O) groups is 1. The Hall–Kier alpha value is -1.72. The molecule has 3 rings (SSSR count). The maximum atomic E-state index is 13.0. The Morgan fingerprint density at radius 1 is 1.06 bits per heavy atom. The topological polar surface area (TPSA) is 41.6 Å². The van der Waals surface area contributed by atoms with Crippen molar-refractivity contribution in [1.82, 2.24) is 4.90 Å². The number of carbonyl (C=O) groups excluding carboxylic acids is 1. The van der Waals surface area contributed by atoms with Crippen molar-refractivity contribution in [3.63, 3.8) is 0 Å². The maximum absolute atomic E-state index is 13.0. The van der Waals surface area contributed by atoms with Crippen molar-refractivity contribution < 1.29 is 9.53 Å². The van der Waals surface area contributed by atoms with Gasteiger partial charge in [-0.25, -0.2) is 0 Å². The molecule has 1 N–H and O–H groups in total. The number of nitrogens with zero attached hydrogens (tertiary/aromatic N) is 1. The smallest absolute Gasteiger partial charge is 0.232 e. The molecule has 1 amide bonds. The van der Waals surface area contributed by atoms with E-state index in [0.29, 0.717) is 39.5 Å². The number of allylic oxidation sites excluding steroid dienone is 1. The molecule has 2 aromatic rings. The summed E-state index contributed by atoms with van der Waals surface area (Å²) in [6, 6.07) is 10.5. The van der Waals surface area contributed by atoms with E-state index in [-0.39, 0.29) is 5.91 Å². The Morgan fingerprint density at radius 2 is 1.81 bits per heavy atom. The highest BCUT2D eigenvalue weighted by Crippen LogP contribution is 2.31. The van der Waals surface area contributed by atoms with Crippen molar-refractivity contribution in [2.24, 2.45) is 0 Å². The molecule has 166 valence electrons. The van der Waals surface area contributed by atoms with Crippen LogP contribution in [0.15, 0.2) is 49.1 Å². The van der Waals surface area contributed by atoms with Crippen LogP contribution in [0.2, 0.25) is 15.1 Å². The van der Waals surface area contributed by atoms with Gasteiger partial charge in [0, 0.05) is 18.3 Å². The molecule has 7 heteroatoms. The summed E-state index contributed by atoms with van der Waals surface area (Å²) in [5, 5.41) is 4.34. The van der Waals surface area contributed by atoms with Crippen LogP contribution in [0.3, 0.4) is 0 Å². The summed E-state index contributed by atoms with van der Waals surface area (Å²) in [7, 11) is 0. The van der Waals surface area contributed by atoms with Gasteiger partial charge in [-0.05, 0) is 62.2 Å². The number of halogens is 3. The van der Waals surface area contributed by atoms with Gasteiger partial charge in [0.2, 0.25) is 5.91 Å². The quantitative estimate of drug-likeness (QED) is 0.400. The SMILES string of the molecule is C=CCC(C(=O)Nc1ccc(Cl)c(OCCN2CCCCC2)c1)c1ccc(Cl)c(Cl)c1. The molecule has 1 saturated heterocycles. The lowest BCUT2D eigenvalue weighted by Crippen LogP contribution is -2.33. The summed E-state index contributed by atoms with van der Waals surface area (Å²) in [5.74, 6) is -0.0439. The zero-order chi connectivity index (χ0) is 22.2. The van der Waals surface area contributed by atoms with Crippen LogP contribution in [-0.4, -0.2) is 37.0 Å². The van der Waals surface area contributed by atoms with Gasteiger partial charge in [-0.15, -0.1) is 6.58 Å². The van der Waals surface area contributed by atoms with Gasteiger partial charge in [-0.3, -0.25) is 9.69 Å². The number of likely N-dealkylation sites (tertiary alicyclic amines) is 1. The molecule has 4 nitrogen and oxygen atoms in total. The fraction of sp³-hybridized carbons (Fsp3) is 0.375. The Balaban J connectivity index is 1.65. The van der Waals surface area contributed by atoms with Crippen LogP contribution in [0.1, 0.15) is 37.2 Å². The van der Waals surface area contributed by atoms with Crippen molar-refractivity contribution in [3.8, 4) is 5.75 Å². The third kappa shape index (κ3) is 6.88. The molecule has 0 bridgehead atoms. The lowest BCUT2D eigenvalue weighted by Gasteiger charge is -2.26. The summed E-state index contributed by atoms with van der Waals surface area (Å²) in [6.07, 6.45) is 5.97. The van der Waals surface area contributed by atoms with Crippen LogP contribution < -0.4 is 10.1 Å². The molecule has 0 aromatic heterocycles. The van der Waals surface area contributed by atoms with Gasteiger partial charge in [0.05, 0.1) is 21.0 Å². The molecule has 1 aliphatic rings. The first kappa shape index (κ1) is 23.9. The Bertz CT molecular complexity index is 914. The largest absolute Gasteiger partial charge is 0.491 e. The number of hydrogen-bond acceptors (Lipinski definition) is 3. The minimum absolute atomic E-state index is 0.167. The number of piperidine rings is 1. The average molecular weight is 482 g/mol. The number of amides is 1. The van der Waals surface area contributed by atoms with Crippen molar-refractivity contribution in [1.29, 1.82) is 0 Å². The predicted molar refractivity (Wildman–Crippen MR) is 130 cm³/mol. The lowest BCUT2D eigenvalue weighted by molar-refractivity contribution is -0.117. The number of ether oxygens (including phenoxy) is 1. The van der Waals surface area contributed by atoms with Crippen molar-refractivity contribution >= 4 is 46.4 Å². The number of rotatable bonds is 9. The third-order valence-corrected chi connectivity index (χ3v) is 6.43. The molecular formula is C24H27Cl3N2O2. The number of anilines is 1. The molecule has 2 aromatic carbocycles. The monoisotopic (exact) mass is 480 g/mol. The molecule has 0 radical (unpaired) electrons. The van der Waals surface area contributed by atoms with E-state index >= 15 is 0 Å². The highest BCUT2D eigenvalue weighted by atomic mass is 35.5. The molecule has 1 aliphatic heterocycles. The zero-order valence-corrected chi connectivity index (χ0v) is 19.6. The Labute approximate surface area is 199 Å². The van der Waals surface area contributed by atoms with Crippen LogP contribution in [0.25, 0.3) is 0 Å². The standard InChI is InChI=1S/C24H27Cl3N2O2/c1-2-6-19(17-7-9-20(25)22(27)15-17)24(30)28-18-8-10-21(26)23(16-18)31-14-13-29-11-4-3-5-12-29/h2,7-10,15-16,19H,1,3-6,11-14H2,(H,28,30). The van der Waals surface area contributed by atoms with Gasteiger partial charge in [-0.1, -0.05) is 53.4 Å². The molecule has 1 fully saturated rings. The molecule has 1 atom stereocenters. The first-order chi connectivity index (χ1) is 15.0. The van der Waals surface area contributed by atoms with Gasteiger partial charge < -0.3 is 10.1 Å². The van der Waals surface area contributed by atoms with Crippen LogP contribution in [0, 0.1) is 0 Å². The van der Waals surface area contributed by atoms with Crippen molar-refractivity contribution in [2.45, 2.75) is 31.6 Å². The lowest BCUT2D eigenvalue weighted by atomic mass is 9.94. The zero-order valence-electron chi connectivity index (χ0n) is 17.4. The minimum Gasteiger partial charge on any atom is -0.491 e. The van der Waals surface area contributed by atoms with Gasteiger partial charge in [-0.2, -0.15) is 0 Å². The van der Waals surface area contributed by atoms with Gasteiger partial charge in [0.1, 0.15) is 12.4 Å². The van der Waals surface area contributed by atoms with E-state index in [2.05, 4.69) is 16.8 Å². The maximum Gasteiger partial charge on any atom is 0.232 e. The molecule has 0 saturated carbocycles. The third-order valence-electron chi connectivity index (χ3n) is 5.38. The van der Waals surface area contributed by atoms with Crippen LogP contribution in [0.4, 0.5) is 5.69 Å². The summed E-state index contributed by atoms with van der Waals surface area (Å²) in [5.41, 5.74) is 1.40. The normalized spacial score (nSPS) is 15.3. The van der Waals surface area contributed by atoms with E-state index in [9.17, 15) is 4.79 Å². The van der Waals surface area contributed by atoms with E-state index in [0.717, 1.165) is 25.2 Å². The summed E-state index contributed by atoms with van der Waals surface area (Å²) < 4.78 is 5.91. The van der Waals surface area contributed by atoms with Crippen molar-refractivity contribution in [2.75, 3.05) is 31.6 Å². The van der Waals surface area contributed by atoms with E-state index in [4.69, 9.17) is 39.5 Å². The van der Waals surface area contributed by atoms with E-state index in [1.54, 1.807) is 42.5 Å². The Kier molecular flexibility index (Phi) is 9.09. The summed E-state index contributed by atoms with van der Waals surface area (Å²) >= 11 is 18.5. The first-order valence-corrected chi connectivity index (χ1v) is 11.6. The molecule has 1 heterocycles. The summed E-state index contributed by atoms with van der Waals surface area (Å²) in [6.45, 7) is 7.43. The van der Waals surface area contributed by atoms with Crippen LogP contribution in [-0.2, 0) is 4.79 Å². The molecule has 1 unspecified atom stereocenters.